The zero-order chi connectivity index (χ0) is 18.8. The lowest BCUT2D eigenvalue weighted by Crippen LogP contribution is -2.26. The average molecular weight is 387 g/mol. The molecule has 1 saturated heterocycles. The topological polar surface area (TPSA) is 78.3 Å². The number of nitrogens with one attached hydrogen (secondary N) is 1. The summed E-state index contributed by atoms with van der Waals surface area (Å²) in [6.45, 7) is 1.34. The molecule has 8 heteroatoms. The maximum atomic E-state index is 12.5. The largest absolute Gasteiger partial charge is 0.473 e. The van der Waals surface area contributed by atoms with Crippen LogP contribution in [0.3, 0.4) is 0 Å². The van der Waals surface area contributed by atoms with E-state index in [4.69, 9.17) is 21.1 Å². The lowest BCUT2D eigenvalue weighted by Gasteiger charge is -2.23. The first-order valence-corrected chi connectivity index (χ1v) is 9.11. The van der Waals surface area contributed by atoms with E-state index in [2.05, 4.69) is 15.4 Å². The predicted octanol–water partition coefficient (Wildman–Crippen LogP) is 3.43. The maximum Gasteiger partial charge on any atom is 0.257 e. The van der Waals surface area contributed by atoms with Crippen molar-refractivity contribution in [3.63, 3.8) is 0 Å². The lowest BCUT2D eigenvalue weighted by molar-refractivity contribution is 0.0238. The number of fused-ring (bicyclic) bond motifs is 1. The van der Waals surface area contributed by atoms with Crippen LogP contribution in [0.15, 0.2) is 36.7 Å². The molecular weight excluding hydrogens is 368 g/mol. The number of pyridine rings is 1. The van der Waals surface area contributed by atoms with E-state index in [9.17, 15) is 4.79 Å². The molecule has 2 aromatic heterocycles. The molecule has 140 valence electrons. The van der Waals surface area contributed by atoms with Crippen LogP contribution in [-0.4, -0.2) is 40.0 Å². The highest BCUT2D eigenvalue weighted by Crippen LogP contribution is 2.26. The summed E-state index contributed by atoms with van der Waals surface area (Å²) < 4.78 is 12.9. The summed E-state index contributed by atoms with van der Waals surface area (Å²) in [7, 11) is 1.86. The number of aromatic nitrogens is 3. The Bertz CT molecular complexity index is 982. The number of aryl methyl sites for hydroxylation is 1. The Kier molecular flexibility index (Phi) is 4.96. The number of hydrogen-bond acceptors (Lipinski definition) is 5. The van der Waals surface area contributed by atoms with Gasteiger partial charge in [0.25, 0.3) is 5.91 Å². The quantitative estimate of drug-likeness (QED) is 0.743. The molecule has 1 amide bonds. The third kappa shape index (κ3) is 4.04. The molecule has 1 aromatic carbocycles. The number of hydrogen-bond donors (Lipinski definition) is 1. The highest BCUT2D eigenvalue weighted by molar-refractivity contribution is 6.32. The van der Waals surface area contributed by atoms with Gasteiger partial charge >= 0.3 is 0 Å². The summed E-state index contributed by atoms with van der Waals surface area (Å²) in [5, 5.41) is 8.51. The van der Waals surface area contributed by atoms with Crippen LogP contribution in [0.5, 0.6) is 5.88 Å². The van der Waals surface area contributed by atoms with E-state index >= 15 is 0 Å². The highest BCUT2D eigenvalue weighted by atomic mass is 35.5. The van der Waals surface area contributed by atoms with E-state index in [1.165, 1.54) is 6.20 Å². The van der Waals surface area contributed by atoms with Gasteiger partial charge in [-0.25, -0.2) is 4.98 Å². The third-order valence-electron chi connectivity index (χ3n) is 4.40. The van der Waals surface area contributed by atoms with Crippen LogP contribution in [0.2, 0.25) is 5.02 Å². The molecule has 3 heterocycles. The van der Waals surface area contributed by atoms with Crippen molar-refractivity contribution >= 4 is 34.1 Å². The number of carbonyl (C=O) groups excluding carboxylic acids is 1. The number of anilines is 1. The molecule has 0 spiro atoms. The van der Waals surface area contributed by atoms with Crippen molar-refractivity contribution in [3.05, 3.63) is 47.2 Å². The molecule has 27 heavy (non-hydrogen) atoms. The van der Waals surface area contributed by atoms with Gasteiger partial charge in [-0.05, 0) is 24.3 Å². The van der Waals surface area contributed by atoms with Crippen LogP contribution in [-0.2, 0) is 11.8 Å². The van der Waals surface area contributed by atoms with Crippen molar-refractivity contribution in [1.82, 2.24) is 14.8 Å². The van der Waals surface area contributed by atoms with Gasteiger partial charge in [0, 0.05) is 43.4 Å². The van der Waals surface area contributed by atoms with Crippen molar-refractivity contribution in [2.45, 2.75) is 18.9 Å². The second kappa shape index (κ2) is 7.54. The minimum Gasteiger partial charge on any atom is -0.473 e. The molecule has 1 aliphatic heterocycles. The lowest BCUT2D eigenvalue weighted by atomic mass is 10.1. The molecule has 0 radical (unpaired) electrons. The summed E-state index contributed by atoms with van der Waals surface area (Å²) in [5.41, 5.74) is 1.83. The molecule has 3 aromatic rings. The summed E-state index contributed by atoms with van der Waals surface area (Å²) in [4.78, 5) is 16.7. The van der Waals surface area contributed by atoms with E-state index in [0.717, 1.165) is 23.7 Å². The second-order valence-electron chi connectivity index (χ2n) is 6.47. The third-order valence-corrected chi connectivity index (χ3v) is 4.67. The van der Waals surface area contributed by atoms with Crippen molar-refractivity contribution in [2.24, 2.45) is 7.05 Å². The Labute approximate surface area is 161 Å². The van der Waals surface area contributed by atoms with Gasteiger partial charge in [-0.15, -0.1) is 0 Å². The maximum absolute atomic E-state index is 12.5. The van der Waals surface area contributed by atoms with Crippen LogP contribution in [0.1, 0.15) is 23.2 Å². The molecule has 1 fully saturated rings. The molecule has 1 aliphatic rings. The molecule has 0 aliphatic carbocycles. The van der Waals surface area contributed by atoms with E-state index in [1.807, 2.05) is 31.4 Å². The van der Waals surface area contributed by atoms with Crippen LogP contribution >= 0.6 is 11.6 Å². The average Bonchev–Trinajstić information content (AvgIpc) is 3.03. The van der Waals surface area contributed by atoms with E-state index in [0.29, 0.717) is 35.4 Å². The number of nitrogens with zero attached hydrogens (tertiary/aromatic N) is 3. The van der Waals surface area contributed by atoms with E-state index in [1.54, 1.807) is 10.7 Å². The first-order valence-electron chi connectivity index (χ1n) is 8.73. The zero-order valence-corrected chi connectivity index (χ0v) is 15.6. The number of benzene rings is 1. The highest BCUT2D eigenvalue weighted by Gasteiger charge is 2.18. The minimum atomic E-state index is -0.294. The number of ether oxygens (including phenoxy) is 2. The van der Waals surface area contributed by atoms with Gasteiger partial charge in [-0.3, -0.25) is 9.48 Å². The Morgan fingerprint density at radius 1 is 1.33 bits per heavy atom. The SMILES string of the molecule is Cn1cc2ccc(NC(=O)c3cnc(OC4CCOCC4)c(Cl)c3)cc2n1. The van der Waals surface area contributed by atoms with Crippen molar-refractivity contribution in [1.29, 1.82) is 0 Å². The fourth-order valence-corrected chi connectivity index (χ4v) is 3.22. The Hall–Kier alpha value is -2.64. The summed E-state index contributed by atoms with van der Waals surface area (Å²) in [6, 6.07) is 7.14. The summed E-state index contributed by atoms with van der Waals surface area (Å²) in [5.74, 6) is 0.0484. The number of rotatable bonds is 4. The zero-order valence-electron chi connectivity index (χ0n) is 14.8. The Morgan fingerprint density at radius 3 is 2.93 bits per heavy atom. The molecule has 0 saturated carbocycles. The first-order chi connectivity index (χ1) is 13.1. The smallest absolute Gasteiger partial charge is 0.257 e. The van der Waals surface area contributed by atoms with Crippen molar-refractivity contribution in [3.8, 4) is 5.88 Å². The van der Waals surface area contributed by atoms with E-state index in [-0.39, 0.29) is 12.0 Å². The van der Waals surface area contributed by atoms with Crippen LogP contribution in [0.25, 0.3) is 10.9 Å². The summed E-state index contributed by atoms with van der Waals surface area (Å²) >= 11 is 6.27. The Morgan fingerprint density at radius 2 is 2.15 bits per heavy atom. The number of halogens is 1. The molecule has 4 rings (SSSR count). The van der Waals surface area contributed by atoms with Crippen molar-refractivity contribution in [2.75, 3.05) is 18.5 Å². The normalized spacial score (nSPS) is 15.0. The molecule has 7 nitrogen and oxygen atoms in total. The standard InChI is InChI=1S/C19H19ClN4O3/c1-24-11-12-2-3-14(9-17(12)23-24)22-18(25)13-8-16(20)19(21-10-13)27-15-4-6-26-7-5-15/h2-3,8-11,15H,4-7H2,1H3,(H,22,25). The van der Waals surface area contributed by atoms with Crippen LogP contribution < -0.4 is 10.1 Å². The van der Waals surface area contributed by atoms with Gasteiger partial charge in [-0.2, -0.15) is 5.10 Å². The summed E-state index contributed by atoms with van der Waals surface area (Å²) in [6.07, 6.45) is 5.03. The second-order valence-corrected chi connectivity index (χ2v) is 6.88. The minimum absolute atomic E-state index is 0.0357. The van der Waals surface area contributed by atoms with Crippen LogP contribution in [0, 0.1) is 0 Å². The molecule has 0 bridgehead atoms. The predicted molar refractivity (Wildman–Crippen MR) is 102 cm³/mol. The first kappa shape index (κ1) is 17.8. The van der Waals surface area contributed by atoms with Crippen molar-refractivity contribution < 1.29 is 14.3 Å². The molecule has 0 unspecified atom stereocenters. The number of amides is 1. The van der Waals surface area contributed by atoms with Crippen LogP contribution in [0.4, 0.5) is 5.69 Å². The molecular formula is C19H19ClN4O3. The van der Waals surface area contributed by atoms with E-state index < -0.39 is 0 Å². The monoisotopic (exact) mass is 386 g/mol. The fourth-order valence-electron chi connectivity index (χ4n) is 3.01. The fraction of sp³-hybridized carbons (Fsp3) is 0.316. The Balaban J connectivity index is 1.46. The van der Waals surface area contributed by atoms with Gasteiger partial charge in [0.15, 0.2) is 0 Å². The number of carbonyl (C=O) groups is 1. The van der Waals surface area contributed by atoms with Gasteiger partial charge in [-0.1, -0.05) is 11.6 Å². The van der Waals surface area contributed by atoms with Gasteiger partial charge in [0.2, 0.25) is 5.88 Å². The van der Waals surface area contributed by atoms with Gasteiger partial charge in [0.05, 0.1) is 24.3 Å². The van der Waals surface area contributed by atoms with Gasteiger partial charge < -0.3 is 14.8 Å². The molecule has 0 atom stereocenters. The molecule has 1 N–H and O–H groups in total. The van der Waals surface area contributed by atoms with Gasteiger partial charge in [0.1, 0.15) is 11.1 Å².